The summed E-state index contributed by atoms with van der Waals surface area (Å²) in [5, 5.41) is 2.70. The number of aromatic nitrogens is 2. The summed E-state index contributed by atoms with van der Waals surface area (Å²) in [5.41, 5.74) is 0.312. The summed E-state index contributed by atoms with van der Waals surface area (Å²) in [6, 6.07) is 15.7. The zero-order valence-corrected chi connectivity index (χ0v) is 16.6. The quantitative estimate of drug-likeness (QED) is 0.498. The number of hydrogen-bond donors (Lipinski definition) is 1. The van der Waals surface area contributed by atoms with Crippen LogP contribution in [0.4, 0.5) is 24.7 Å². The molecule has 30 heavy (non-hydrogen) atoms. The minimum Gasteiger partial charge on any atom is -0.493 e. The standard InChI is InChI=1S/C22H22F3N3O2/c1-15(2)13-29-18-10-8-17(9-11-18)27-20-19(22(23,24)25)12-26-21(28-20)30-14-16-6-4-3-5-7-16/h3-12,15H,13-14H2,1-2H3,(H,26,27,28). The summed E-state index contributed by atoms with van der Waals surface area (Å²) < 4.78 is 51.2. The van der Waals surface area contributed by atoms with E-state index in [4.69, 9.17) is 9.47 Å². The second kappa shape index (κ2) is 9.47. The first-order valence-corrected chi connectivity index (χ1v) is 9.42. The maximum atomic E-state index is 13.4. The highest BCUT2D eigenvalue weighted by Crippen LogP contribution is 2.35. The molecule has 0 aliphatic rings. The second-order valence-electron chi connectivity index (χ2n) is 7.04. The van der Waals surface area contributed by atoms with Crippen molar-refractivity contribution in [1.82, 2.24) is 9.97 Å². The van der Waals surface area contributed by atoms with Gasteiger partial charge in [0.15, 0.2) is 0 Å². The molecular weight excluding hydrogens is 395 g/mol. The van der Waals surface area contributed by atoms with Crippen LogP contribution in [0.25, 0.3) is 0 Å². The Balaban J connectivity index is 1.77. The number of alkyl halides is 3. The molecule has 0 atom stereocenters. The Morgan fingerprint density at radius 1 is 0.967 bits per heavy atom. The lowest BCUT2D eigenvalue weighted by molar-refractivity contribution is -0.137. The maximum Gasteiger partial charge on any atom is 0.421 e. The van der Waals surface area contributed by atoms with Crippen LogP contribution in [0.2, 0.25) is 0 Å². The number of anilines is 2. The number of ether oxygens (including phenoxy) is 2. The van der Waals surface area contributed by atoms with Crippen LogP contribution in [0, 0.1) is 5.92 Å². The monoisotopic (exact) mass is 417 g/mol. The molecule has 0 saturated heterocycles. The summed E-state index contributed by atoms with van der Waals surface area (Å²) in [4.78, 5) is 7.64. The summed E-state index contributed by atoms with van der Waals surface area (Å²) in [7, 11) is 0. The highest BCUT2D eigenvalue weighted by Gasteiger charge is 2.35. The van der Waals surface area contributed by atoms with E-state index in [0.717, 1.165) is 11.8 Å². The van der Waals surface area contributed by atoms with Gasteiger partial charge in [-0.05, 0) is 35.7 Å². The molecule has 3 rings (SSSR count). The molecule has 3 aromatic rings. The fourth-order valence-electron chi connectivity index (χ4n) is 2.49. The summed E-state index contributed by atoms with van der Waals surface area (Å²) in [6.45, 7) is 4.76. The van der Waals surface area contributed by atoms with Gasteiger partial charge in [0.1, 0.15) is 23.7 Å². The van der Waals surface area contributed by atoms with E-state index in [1.54, 1.807) is 24.3 Å². The fraction of sp³-hybridized carbons (Fsp3) is 0.273. The molecule has 0 radical (unpaired) electrons. The van der Waals surface area contributed by atoms with Gasteiger partial charge in [0.2, 0.25) is 0 Å². The fourth-order valence-corrected chi connectivity index (χ4v) is 2.49. The van der Waals surface area contributed by atoms with Gasteiger partial charge in [0, 0.05) is 11.9 Å². The van der Waals surface area contributed by atoms with Crippen molar-refractivity contribution in [2.45, 2.75) is 26.6 Å². The second-order valence-corrected chi connectivity index (χ2v) is 7.04. The van der Waals surface area contributed by atoms with Crippen LogP contribution in [0.3, 0.4) is 0 Å². The number of nitrogens with zero attached hydrogens (tertiary/aromatic N) is 2. The number of halogens is 3. The lowest BCUT2D eigenvalue weighted by atomic mass is 10.2. The topological polar surface area (TPSA) is 56.3 Å². The molecule has 0 saturated carbocycles. The number of hydrogen-bond acceptors (Lipinski definition) is 5. The number of rotatable bonds is 8. The summed E-state index contributed by atoms with van der Waals surface area (Å²) in [5.74, 6) is 0.628. The van der Waals surface area contributed by atoms with Gasteiger partial charge >= 0.3 is 12.2 Å². The van der Waals surface area contributed by atoms with Gasteiger partial charge in [0.25, 0.3) is 0 Å². The van der Waals surface area contributed by atoms with Crippen molar-refractivity contribution in [2.75, 3.05) is 11.9 Å². The van der Waals surface area contributed by atoms with E-state index in [2.05, 4.69) is 15.3 Å². The lowest BCUT2D eigenvalue weighted by Gasteiger charge is -2.15. The van der Waals surface area contributed by atoms with Crippen molar-refractivity contribution in [3.63, 3.8) is 0 Å². The van der Waals surface area contributed by atoms with E-state index in [1.165, 1.54) is 0 Å². The van der Waals surface area contributed by atoms with E-state index in [0.29, 0.717) is 24.0 Å². The highest BCUT2D eigenvalue weighted by molar-refractivity contribution is 5.60. The van der Waals surface area contributed by atoms with Crippen molar-refractivity contribution in [3.05, 3.63) is 71.9 Å². The van der Waals surface area contributed by atoms with Gasteiger partial charge < -0.3 is 14.8 Å². The minimum absolute atomic E-state index is 0.146. The molecule has 0 aliphatic heterocycles. The van der Waals surface area contributed by atoms with Gasteiger partial charge in [-0.3, -0.25) is 0 Å². The normalized spacial score (nSPS) is 11.4. The molecule has 1 aromatic heterocycles. The average Bonchev–Trinajstić information content (AvgIpc) is 2.72. The molecule has 5 nitrogen and oxygen atoms in total. The largest absolute Gasteiger partial charge is 0.493 e. The lowest BCUT2D eigenvalue weighted by Crippen LogP contribution is -2.12. The van der Waals surface area contributed by atoms with Crippen molar-refractivity contribution in [1.29, 1.82) is 0 Å². The van der Waals surface area contributed by atoms with Crippen LogP contribution in [0.5, 0.6) is 11.8 Å². The molecule has 0 aliphatic carbocycles. The van der Waals surface area contributed by atoms with Crippen LogP contribution in [0.15, 0.2) is 60.8 Å². The van der Waals surface area contributed by atoms with Crippen LogP contribution in [-0.2, 0) is 12.8 Å². The van der Waals surface area contributed by atoms with Gasteiger partial charge in [-0.25, -0.2) is 4.98 Å². The van der Waals surface area contributed by atoms with E-state index in [1.807, 2.05) is 44.2 Å². The zero-order valence-electron chi connectivity index (χ0n) is 16.6. The smallest absolute Gasteiger partial charge is 0.421 e. The Labute approximate surface area is 172 Å². The molecule has 1 heterocycles. The Hall–Kier alpha value is -3.29. The van der Waals surface area contributed by atoms with Crippen LogP contribution in [-0.4, -0.2) is 16.6 Å². The molecule has 0 spiro atoms. The third-order valence-corrected chi connectivity index (χ3v) is 3.98. The summed E-state index contributed by atoms with van der Waals surface area (Å²) >= 11 is 0. The van der Waals surface area contributed by atoms with Crippen LogP contribution < -0.4 is 14.8 Å². The zero-order chi connectivity index (χ0) is 21.6. The van der Waals surface area contributed by atoms with Gasteiger partial charge in [-0.1, -0.05) is 44.2 Å². The van der Waals surface area contributed by atoms with E-state index >= 15 is 0 Å². The molecule has 0 amide bonds. The Bertz CT molecular complexity index is 946. The first-order valence-electron chi connectivity index (χ1n) is 9.42. The predicted molar refractivity (Wildman–Crippen MR) is 108 cm³/mol. The molecule has 0 unspecified atom stereocenters. The number of nitrogens with one attached hydrogen (secondary N) is 1. The molecule has 158 valence electrons. The Morgan fingerprint density at radius 3 is 2.30 bits per heavy atom. The van der Waals surface area contributed by atoms with Crippen molar-refractivity contribution >= 4 is 11.5 Å². The van der Waals surface area contributed by atoms with Crippen molar-refractivity contribution in [2.24, 2.45) is 5.92 Å². The molecule has 2 aromatic carbocycles. The SMILES string of the molecule is CC(C)COc1ccc(Nc2nc(OCc3ccccc3)ncc2C(F)(F)F)cc1. The maximum absolute atomic E-state index is 13.4. The third kappa shape index (κ3) is 6.10. The molecule has 0 fully saturated rings. The van der Waals surface area contributed by atoms with Crippen molar-refractivity contribution < 1.29 is 22.6 Å². The summed E-state index contributed by atoms with van der Waals surface area (Å²) in [6.07, 6.45) is -3.89. The van der Waals surface area contributed by atoms with Gasteiger partial charge in [0.05, 0.1) is 6.61 Å². The van der Waals surface area contributed by atoms with E-state index < -0.39 is 11.7 Å². The third-order valence-electron chi connectivity index (χ3n) is 3.98. The van der Waals surface area contributed by atoms with Gasteiger partial charge in [-0.2, -0.15) is 18.2 Å². The first kappa shape index (κ1) is 21.4. The molecule has 1 N–H and O–H groups in total. The van der Waals surface area contributed by atoms with E-state index in [-0.39, 0.29) is 18.4 Å². The van der Waals surface area contributed by atoms with Crippen LogP contribution in [0.1, 0.15) is 25.0 Å². The molecular formula is C22H22F3N3O2. The van der Waals surface area contributed by atoms with E-state index in [9.17, 15) is 13.2 Å². The Kier molecular flexibility index (Phi) is 6.76. The minimum atomic E-state index is -4.61. The number of benzene rings is 2. The highest BCUT2D eigenvalue weighted by atomic mass is 19.4. The first-order chi connectivity index (χ1) is 14.3. The predicted octanol–water partition coefficient (Wildman–Crippen LogP) is 5.85. The Morgan fingerprint density at radius 2 is 1.67 bits per heavy atom. The average molecular weight is 417 g/mol. The van der Waals surface area contributed by atoms with Crippen molar-refractivity contribution in [3.8, 4) is 11.8 Å². The molecule has 8 heteroatoms. The molecule has 0 bridgehead atoms. The van der Waals surface area contributed by atoms with Crippen LogP contribution >= 0.6 is 0 Å². The van der Waals surface area contributed by atoms with Gasteiger partial charge in [-0.15, -0.1) is 0 Å².